The number of amides is 1. The molecule has 1 aromatic heterocycles. The van der Waals surface area contributed by atoms with Crippen LogP contribution in [-0.4, -0.2) is 60.3 Å². The van der Waals surface area contributed by atoms with Crippen molar-refractivity contribution in [1.82, 2.24) is 20.4 Å². The molecule has 0 bridgehead atoms. The van der Waals surface area contributed by atoms with E-state index in [1.165, 1.54) is 37.9 Å². The van der Waals surface area contributed by atoms with Gasteiger partial charge in [0.05, 0.1) is 5.69 Å². The molecule has 1 aromatic carbocycles. The van der Waals surface area contributed by atoms with E-state index >= 15 is 0 Å². The van der Waals surface area contributed by atoms with Gasteiger partial charge < -0.3 is 15.1 Å². The van der Waals surface area contributed by atoms with Crippen molar-refractivity contribution in [3.8, 4) is 11.3 Å². The molecule has 0 aliphatic carbocycles. The largest absolute Gasteiger partial charge is 0.355 e. The number of carbonyl (C=O) groups excluding carboxylic acids is 1. The molecule has 3 heterocycles. The SMILES string of the molecule is Cc1cccc(-c2ccc(N3CCC(C(=O)NCCN4CCCCC4)CC3)nn2)c1. The summed E-state index contributed by atoms with van der Waals surface area (Å²) in [6.45, 7) is 7.89. The Labute approximate surface area is 179 Å². The van der Waals surface area contributed by atoms with Crippen LogP contribution in [0.15, 0.2) is 36.4 Å². The standard InChI is InChI=1S/C24H33N5O/c1-19-6-5-7-21(18-19)22-8-9-23(27-26-22)29-15-10-20(11-16-29)24(30)25-12-17-28-13-3-2-4-14-28/h5-9,18,20H,2-4,10-17H2,1H3,(H,25,30). The number of hydrogen-bond acceptors (Lipinski definition) is 5. The summed E-state index contributed by atoms with van der Waals surface area (Å²) in [5.41, 5.74) is 3.20. The Bertz CT molecular complexity index is 824. The van der Waals surface area contributed by atoms with Gasteiger partial charge in [-0.2, -0.15) is 0 Å². The molecule has 160 valence electrons. The van der Waals surface area contributed by atoms with Gasteiger partial charge in [-0.05, 0) is 63.9 Å². The Balaban J connectivity index is 1.23. The number of aryl methyl sites for hydroxylation is 1. The number of hydrogen-bond donors (Lipinski definition) is 1. The van der Waals surface area contributed by atoms with E-state index in [1.54, 1.807) is 0 Å². The lowest BCUT2D eigenvalue weighted by Gasteiger charge is -2.32. The van der Waals surface area contributed by atoms with Crippen molar-refractivity contribution in [2.24, 2.45) is 5.92 Å². The fraction of sp³-hybridized carbons (Fsp3) is 0.542. The number of likely N-dealkylation sites (tertiary alicyclic amines) is 1. The zero-order chi connectivity index (χ0) is 20.8. The average molecular weight is 408 g/mol. The first kappa shape index (κ1) is 20.8. The second-order valence-corrected chi connectivity index (χ2v) is 8.60. The lowest BCUT2D eigenvalue weighted by molar-refractivity contribution is -0.125. The number of carbonyl (C=O) groups is 1. The van der Waals surface area contributed by atoms with Crippen LogP contribution in [0.4, 0.5) is 5.82 Å². The molecule has 0 spiro atoms. The number of benzene rings is 1. The molecule has 2 aliphatic heterocycles. The van der Waals surface area contributed by atoms with E-state index in [1.807, 2.05) is 18.2 Å². The Morgan fingerprint density at radius 3 is 2.53 bits per heavy atom. The predicted octanol–water partition coefficient (Wildman–Crippen LogP) is 3.27. The lowest BCUT2D eigenvalue weighted by Crippen LogP contribution is -2.43. The average Bonchev–Trinajstić information content (AvgIpc) is 2.80. The van der Waals surface area contributed by atoms with Crippen molar-refractivity contribution in [3.63, 3.8) is 0 Å². The zero-order valence-corrected chi connectivity index (χ0v) is 18.0. The minimum absolute atomic E-state index is 0.113. The van der Waals surface area contributed by atoms with Gasteiger partial charge in [0, 0.05) is 37.7 Å². The molecule has 0 unspecified atom stereocenters. The summed E-state index contributed by atoms with van der Waals surface area (Å²) in [5.74, 6) is 1.23. The van der Waals surface area contributed by atoms with Crippen molar-refractivity contribution in [3.05, 3.63) is 42.0 Å². The van der Waals surface area contributed by atoms with Crippen molar-refractivity contribution in [1.29, 1.82) is 0 Å². The van der Waals surface area contributed by atoms with Crippen LogP contribution >= 0.6 is 0 Å². The van der Waals surface area contributed by atoms with Gasteiger partial charge in [-0.15, -0.1) is 10.2 Å². The molecule has 0 atom stereocenters. The zero-order valence-electron chi connectivity index (χ0n) is 18.0. The van der Waals surface area contributed by atoms with Crippen molar-refractivity contribution >= 4 is 11.7 Å². The van der Waals surface area contributed by atoms with Crippen LogP contribution in [0.2, 0.25) is 0 Å². The molecule has 1 N–H and O–H groups in total. The normalized spacial score (nSPS) is 18.4. The quantitative estimate of drug-likeness (QED) is 0.796. The first-order chi connectivity index (χ1) is 14.7. The molecule has 6 nitrogen and oxygen atoms in total. The monoisotopic (exact) mass is 407 g/mol. The molecule has 2 fully saturated rings. The van der Waals surface area contributed by atoms with Gasteiger partial charge in [-0.25, -0.2) is 0 Å². The van der Waals surface area contributed by atoms with E-state index in [-0.39, 0.29) is 11.8 Å². The van der Waals surface area contributed by atoms with Gasteiger partial charge in [0.2, 0.25) is 5.91 Å². The number of piperidine rings is 2. The van der Waals surface area contributed by atoms with Gasteiger partial charge in [-0.3, -0.25) is 4.79 Å². The van der Waals surface area contributed by atoms with Crippen LogP contribution in [0.1, 0.15) is 37.7 Å². The number of rotatable bonds is 6. The van der Waals surface area contributed by atoms with Crippen LogP contribution in [0.3, 0.4) is 0 Å². The number of anilines is 1. The maximum absolute atomic E-state index is 12.5. The minimum Gasteiger partial charge on any atom is -0.355 e. The van der Waals surface area contributed by atoms with E-state index in [4.69, 9.17) is 0 Å². The van der Waals surface area contributed by atoms with Crippen molar-refractivity contribution in [2.75, 3.05) is 44.2 Å². The van der Waals surface area contributed by atoms with Gasteiger partial charge in [-0.1, -0.05) is 30.2 Å². The van der Waals surface area contributed by atoms with Gasteiger partial charge >= 0.3 is 0 Å². The molecule has 1 amide bonds. The molecule has 2 saturated heterocycles. The highest BCUT2D eigenvalue weighted by molar-refractivity contribution is 5.79. The lowest BCUT2D eigenvalue weighted by atomic mass is 9.96. The van der Waals surface area contributed by atoms with E-state index in [2.05, 4.69) is 50.4 Å². The summed E-state index contributed by atoms with van der Waals surface area (Å²) in [6.07, 6.45) is 5.68. The summed E-state index contributed by atoms with van der Waals surface area (Å²) in [4.78, 5) is 17.2. The van der Waals surface area contributed by atoms with E-state index < -0.39 is 0 Å². The van der Waals surface area contributed by atoms with Crippen LogP contribution in [0, 0.1) is 12.8 Å². The van der Waals surface area contributed by atoms with E-state index in [9.17, 15) is 4.79 Å². The smallest absolute Gasteiger partial charge is 0.223 e. The predicted molar refractivity (Wildman–Crippen MR) is 120 cm³/mol. The Kier molecular flexibility index (Phi) is 6.95. The van der Waals surface area contributed by atoms with Crippen LogP contribution in [-0.2, 0) is 4.79 Å². The summed E-state index contributed by atoms with van der Waals surface area (Å²) in [6, 6.07) is 12.4. The maximum Gasteiger partial charge on any atom is 0.223 e. The highest BCUT2D eigenvalue weighted by atomic mass is 16.1. The van der Waals surface area contributed by atoms with Crippen molar-refractivity contribution in [2.45, 2.75) is 39.0 Å². The van der Waals surface area contributed by atoms with Crippen molar-refractivity contribution < 1.29 is 4.79 Å². The third kappa shape index (κ3) is 5.36. The van der Waals surface area contributed by atoms with Gasteiger partial charge in [0.1, 0.15) is 0 Å². The highest BCUT2D eigenvalue weighted by Crippen LogP contribution is 2.24. The summed E-state index contributed by atoms with van der Waals surface area (Å²) < 4.78 is 0. The Morgan fingerprint density at radius 2 is 1.83 bits per heavy atom. The maximum atomic E-state index is 12.5. The third-order valence-corrected chi connectivity index (χ3v) is 6.33. The van der Waals surface area contributed by atoms with Crippen LogP contribution in [0.5, 0.6) is 0 Å². The molecular formula is C24H33N5O. The first-order valence-electron chi connectivity index (χ1n) is 11.3. The molecule has 30 heavy (non-hydrogen) atoms. The fourth-order valence-corrected chi connectivity index (χ4v) is 4.49. The summed E-state index contributed by atoms with van der Waals surface area (Å²) in [7, 11) is 0. The number of nitrogens with zero attached hydrogens (tertiary/aromatic N) is 4. The second-order valence-electron chi connectivity index (χ2n) is 8.60. The summed E-state index contributed by atoms with van der Waals surface area (Å²) >= 11 is 0. The molecule has 0 radical (unpaired) electrons. The minimum atomic E-state index is 0.113. The third-order valence-electron chi connectivity index (χ3n) is 6.33. The molecule has 0 saturated carbocycles. The van der Waals surface area contributed by atoms with Crippen LogP contribution in [0.25, 0.3) is 11.3 Å². The highest BCUT2D eigenvalue weighted by Gasteiger charge is 2.25. The molecule has 4 rings (SSSR count). The van der Waals surface area contributed by atoms with Gasteiger partial charge in [0.15, 0.2) is 5.82 Å². The first-order valence-corrected chi connectivity index (χ1v) is 11.3. The number of aromatic nitrogens is 2. The summed E-state index contributed by atoms with van der Waals surface area (Å²) in [5, 5.41) is 12.0. The second kappa shape index (κ2) is 10.0. The molecule has 6 heteroatoms. The number of nitrogens with one attached hydrogen (secondary N) is 1. The molecular weight excluding hydrogens is 374 g/mol. The van der Waals surface area contributed by atoms with E-state index in [0.29, 0.717) is 0 Å². The van der Waals surface area contributed by atoms with Crippen LogP contribution < -0.4 is 10.2 Å². The Hall–Kier alpha value is -2.47. The molecule has 2 aromatic rings. The topological polar surface area (TPSA) is 61.4 Å². The molecule has 2 aliphatic rings. The Morgan fingerprint density at radius 1 is 1.03 bits per heavy atom. The van der Waals surface area contributed by atoms with Gasteiger partial charge in [0.25, 0.3) is 0 Å². The fourth-order valence-electron chi connectivity index (χ4n) is 4.49. The van der Waals surface area contributed by atoms with E-state index in [0.717, 1.165) is 56.1 Å².